The normalized spacial score (nSPS) is 44.3. The first-order valence-electron chi connectivity index (χ1n) is 14.2. The Balaban J connectivity index is 1.54. The van der Waals surface area contributed by atoms with Gasteiger partial charge >= 0.3 is 12.1 Å². The fourth-order valence-corrected chi connectivity index (χ4v) is 9.66. The summed E-state index contributed by atoms with van der Waals surface area (Å²) in [5.41, 5.74) is -0.195. The lowest BCUT2D eigenvalue weighted by Gasteiger charge is -2.62. The molecule has 4 saturated carbocycles. The summed E-state index contributed by atoms with van der Waals surface area (Å²) in [5.74, 6) is 1.51. The van der Waals surface area contributed by atoms with Crippen LogP contribution in [0.15, 0.2) is 0 Å². The molecule has 0 heterocycles. The first-order valence-corrected chi connectivity index (χ1v) is 14.2. The van der Waals surface area contributed by atoms with Crippen molar-refractivity contribution in [1.29, 1.82) is 0 Å². The molecule has 6 heteroatoms. The number of ether oxygens (including phenoxy) is 1. The molecular weight excluding hydrogens is 453 g/mol. The summed E-state index contributed by atoms with van der Waals surface area (Å²) < 4.78 is 44.6. The fourth-order valence-electron chi connectivity index (χ4n) is 9.66. The Labute approximate surface area is 210 Å². The average Bonchev–Trinajstić information content (AvgIpc) is 3.11. The Morgan fingerprint density at radius 1 is 1.00 bits per heavy atom. The van der Waals surface area contributed by atoms with E-state index in [0.717, 1.165) is 37.5 Å². The summed E-state index contributed by atoms with van der Waals surface area (Å²) >= 11 is 0. The molecule has 0 bridgehead atoms. The van der Waals surface area contributed by atoms with Crippen LogP contribution in [0.25, 0.3) is 0 Å². The van der Waals surface area contributed by atoms with Gasteiger partial charge in [-0.05, 0) is 91.8 Å². The van der Waals surface area contributed by atoms with Crippen LogP contribution in [0.4, 0.5) is 13.2 Å². The number of fused-ring (bicyclic) bond motifs is 5. The smallest absolute Gasteiger partial charge is 0.455 e. The third-order valence-electron chi connectivity index (χ3n) is 11.4. The van der Waals surface area contributed by atoms with E-state index in [2.05, 4.69) is 34.6 Å². The van der Waals surface area contributed by atoms with Gasteiger partial charge in [-0.2, -0.15) is 13.2 Å². The van der Waals surface area contributed by atoms with Crippen molar-refractivity contribution in [3.05, 3.63) is 0 Å². The molecule has 202 valence electrons. The van der Waals surface area contributed by atoms with Crippen LogP contribution in [0.1, 0.15) is 105 Å². The number of esters is 1. The van der Waals surface area contributed by atoms with Gasteiger partial charge < -0.3 is 9.84 Å². The highest BCUT2D eigenvalue weighted by molar-refractivity contribution is 5.75. The molecular formula is C29H47F3O3. The predicted octanol–water partition coefficient (Wildman–Crippen LogP) is 7.55. The molecule has 4 fully saturated rings. The first-order chi connectivity index (χ1) is 16.3. The molecule has 4 rings (SSSR count). The van der Waals surface area contributed by atoms with Gasteiger partial charge in [0.15, 0.2) is 0 Å². The summed E-state index contributed by atoms with van der Waals surface area (Å²) in [4.78, 5) is 11.9. The molecule has 10 atom stereocenters. The lowest BCUT2D eigenvalue weighted by Crippen LogP contribution is -2.60. The maximum atomic E-state index is 13.1. The summed E-state index contributed by atoms with van der Waals surface area (Å²) in [5, 5.41) is 10.5. The standard InChI is InChI=1S/C29H47F3O3/c1-17(2)7-6-8-18(3)22-11-12-23-21-10-9-19-15-20(33)16-25(35-26(34)29(30,31)32)28(19,5)24(21)13-14-27(22,23)4/h17-25,33H,6-16H2,1-5H3/t18-,19+,20?,21+,22-,23-,24-,25?,27+,28-/m0/s1. The van der Waals surface area contributed by atoms with Crippen molar-refractivity contribution < 1.29 is 27.8 Å². The zero-order valence-electron chi connectivity index (χ0n) is 22.4. The second kappa shape index (κ2) is 9.83. The number of aliphatic hydroxyl groups excluding tert-OH is 1. The van der Waals surface area contributed by atoms with Gasteiger partial charge in [-0.15, -0.1) is 0 Å². The average molecular weight is 501 g/mol. The number of alkyl halides is 3. The summed E-state index contributed by atoms with van der Waals surface area (Å²) in [7, 11) is 0. The lowest BCUT2D eigenvalue weighted by molar-refractivity contribution is -0.233. The molecule has 35 heavy (non-hydrogen) atoms. The quantitative estimate of drug-likeness (QED) is 0.383. The maximum Gasteiger partial charge on any atom is 0.490 e. The van der Waals surface area contributed by atoms with Crippen molar-refractivity contribution in [2.45, 2.75) is 124 Å². The molecule has 0 aromatic heterocycles. The van der Waals surface area contributed by atoms with Gasteiger partial charge in [-0.25, -0.2) is 4.79 Å². The fraction of sp³-hybridized carbons (Fsp3) is 0.966. The highest BCUT2D eigenvalue weighted by Crippen LogP contribution is 2.68. The van der Waals surface area contributed by atoms with Gasteiger partial charge in [0.25, 0.3) is 0 Å². The largest absolute Gasteiger partial charge is 0.490 e. The van der Waals surface area contributed by atoms with Crippen LogP contribution >= 0.6 is 0 Å². The molecule has 0 spiro atoms. The van der Waals surface area contributed by atoms with Crippen molar-refractivity contribution >= 4 is 5.97 Å². The van der Waals surface area contributed by atoms with Gasteiger partial charge in [0.2, 0.25) is 0 Å². The van der Waals surface area contributed by atoms with Crippen LogP contribution in [0.5, 0.6) is 0 Å². The molecule has 3 nitrogen and oxygen atoms in total. The van der Waals surface area contributed by atoms with Crippen molar-refractivity contribution in [3.63, 3.8) is 0 Å². The molecule has 0 radical (unpaired) electrons. The van der Waals surface area contributed by atoms with E-state index in [1.165, 1.54) is 32.1 Å². The number of halogens is 3. The van der Waals surface area contributed by atoms with Crippen LogP contribution in [-0.2, 0) is 9.53 Å². The number of carbonyl (C=O) groups is 1. The molecule has 2 unspecified atom stereocenters. The van der Waals surface area contributed by atoms with Gasteiger partial charge in [0.1, 0.15) is 6.10 Å². The van der Waals surface area contributed by atoms with Crippen molar-refractivity contribution in [2.75, 3.05) is 0 Å². The molecule has 4 aliphatic carbocycles. The molecule has 0 aromatic carbocycles. The minimum atomic E-state index is -5.00. The van der Waals surface area contributed by atoms with E-state index >= 15 is 0 Å². The monoisotopic (exact) mass is 500 g/mol. The number of hydrogen-bond acceptors (Lipinski definition) is 3. The predicted molar refractivity (Wildman–Crippen MR) is 130 cm³/mol. The third-order valence-corrected chi connectivity index (χ3v) is 11.4. The Morgan fingerprint density at radius 2 is 1.71 bits per heavy atom. The molecule has 0 aromatic rings. The summed E-state index contributed by atoms with van der Waals surface area (Å²) in [6.45, 7) is 11.6. The van der Waals surface area contributed by atoms with Crippen LogP contribution in [0.2, 0.25) is 0 Å². The van der Waals surface area contributed by atoms with Crippen LogP contribution in [0.3, 0.4) is 0 Å². The number of rotatable bonds is 6. The van der Waals surface area contributed by atoms with Gasteiger partial charge in [0, 0.05) is 11.8 Å². The third kappa shape index (κ3) is 4.91. The van der Waals surface area contributed by atoms with Crippen molar-refractivity contribution in [2.24, 2.45) is 52.3 Å². The first kappa shape index (κ1) is 27.3. The van der Waals surface area contributed by atoms with Gasteiger partial charge in [-0.3, -0.25) is 0 Å². The van der Waals surface area contributed by atoms with E-state index in [4.69, 9.17) is 4.74 Å². The lowest BCUT2D eigenvalue weighted by atomic mass is 9.43. The molecule has 0 aliphatic heterocycles. The van der Waals surface area contributed by atoms with Crippen molar-refractivity contribution in [3.8, 4) is 0 Å². The van der Waals surface area contributed by atoms with Crippen LogP contribution in [-0.4, -0.2) is 29.5 Å². The van der Waals surface area contributed by atoms with E-state index in [-0.39, 0.29) is 18.3 Å². The molecule has 0 saturated heterocycles. The van der Waals surface area contributed by atoms with E-state index < -0.39 is 29.8 Å². The Kier molecular flexibility index (Phi) is 7.66. The minimum Gasteiger partial charge on any atom is -0.455 e. The number of aliphatic hydroxyl groups is 1. The molecule has 1 N–H and O–H groups in total. The minimum absolute atomic E-state index is 0.107. The van der Waals surface area contributed by atoms with Gasteiger partial charge in [0.05, 0.1) is 6.10 Å². The SMILES string of the molecule is CC(C)CCC[C@H](C)[C@@H]1CC[C@H]2[C@H]3CC[C@@H]4CC(O)CC(OC(=O)C(F)(F)F)[C@]4(C)[C@H]3CC[C@@]21C. The summed E-state index contributed by atoms with van der Waals surface area (Å²) in [6, 6.07) is 0. The van der Waals surface area contributed by atoms with Crippen LogP contribution < -0.4 is 0 Å². The second-order valence-corrected chi connectivity index (χ2v) is 13.6. The number of hydrogen-bond donors (Lipinski definition) is 1. The summed E-state index contributed by atoms with van der Waals surface area (Å²) in [6.07, 6.45) is 4.60. The van der Waals surface area contributed by atoms with E-state index in [1.807, 2.05) is 0 Å². The maximum absolute atomic E-state index is 13.1. The highest BCUT2D eigenvalue weighted by atomic mass is 19.4. The van der Waals surface area contributed by atoms with E-state index in [0.29, 0.717) is 29.6 Å². The highest BCUT2D eigenvalue weighted by Gasteiger charge is 2.64. The van der Waals surface area contributed by atoms with Gasteiger partial charge in [-0.1, -0.05) is 53.9 Å². The Bertz CT molecular complexity index is 767. The molecule has 0 amide bonds. The zero-order chi connectivity index (χ0) is 25.8. The van der Waals surface area contributed by atoms with E-state index in [1.54, 1.807) is 0 Å². The van der Waals surface area contributed by atoms with Crippen LogP contribution in [0, 0.1) is 52.3 Å². The topological polar surface area (TPSA) is 46.5 Å². The Morgan fingerprint density at radius 3 is 2.37 bits per heavy atom. The Hall–Kier alpha value is -0.780. The van der Waals surface area contributed by atoms with Crippen molar-refractivity contribution in [1.82, 2.24) is 0 Å². The zero-order valence-corrected chi connectivity index (χ0v) is 22.4. The van der Waals surface area contributed by atoms with E-state index in [9.17, 15) is 23.1 Å². The second-order valence-electron chi connectivity index (χ2n) is 13.6. The number of carbonyl (C=O) groups excluding carboxylic acids is 1. The molecule has 4 aliphatic rings.